The van der Waals surface area contributed by atoms with Crippen LogP contribution < -0.4 is 5.32 Å². The first-order valence-electron chi connectivity index (χ1n) is 5.16. The summed E-state index contributed by atoms with van der Waals surface area (Å²) < 4.78 is 31.4. The highest BCUT2D eigenvalue weighted by molar-refractivity contribution is 9.10. The largest absolute Gasteiger partial charge is 0.478 e. The number of nitrogens with one attached hydrogen (secondary N) is 1. The number of benzene rings is 1. The van der Waals surface area contributed by atoms with Gasteiger partial charge in [-0.15, -0.1) is 0 Å². The van der Waals surface area contributed by atoms with Gasteiger partial charge in [-0.3, -0.25) is 4.79 Å². The van der Waals surface area contributed by atoms with E-state index in [0.29, 0.717) is 0 Å². The number of amides is 1. The summed E-state index contributed by atoms with van der Waals surface area (Å²) in [4.78, 5) is 22.3. The summed E-state index contributed by atoms with van der Waals surface area (Å²) in [6.07, 6.45) is 0.871. The second-order valence-corrected chi connectivity index (χ2v) is 4.56. The van der Waals surface area contributed by atoms with E-state index in [4.69, 9.17) is 9.52 Å². The van der Waals surface area contributed by atoms with Crippen LogP contribution >= 0.6 is 15.9 Å². The Bertz CT molecular complexity index is 699. The van der Waals surface area contributed by atoms with Crippen molar-refractivity contribution in [2.75, 3.05) is 5.32 Å². The van der Waals surface area contributed by atoms with Gasteiger partial charge in [-0.1, -0.05) is 0 Å². The molecule has 0 radical (unpaired) electrons. The molecule has 2 aromatic rings. The normalized spacial score (nSPS) is 10.3. The lowest BCUT2D eigenvalue weighted by Gasteiger charge is -2.05. The lowest BCUT2D eigenvalue weighted by atomic mass is 10.2. The van der Waals surface area contributed by atoms with Crippen LogP contribution in [0.2, 0.25) is 0 Å². The highest BCUT2D eigenvalue weighted by Crippen LogP contribution is 2.24. The lowest BCUT2D eigenvalue weighted by Crippen LogP contribution is -2.12. The fourth-order valence-electron chi connectivity index (χ4n) is 1.37. The molecular weight excluding hydrogens is 340 g/mol. The molecule has 0 spiro atoms. The first-order chi connectivity index (χ1) is 9.38. The van der Waals surface area contributed by atoms with E-state index in [1.807, 2.05) is 0 Å². The molecule has 8 heteroatoms. The number of rotatable bonds is 3. The fraction of sp³-hybridized carbons (Fsp3) is 0. The smallest absolute Gasteiger partial charge is 0.338 e. The number of halogens is 3. The maximum Gasteiger partial charge on any atom is 0.338 e. The number of carbonyl (C=O) groups is 2. The molecular formula is C12H6BrF2NO4. The molecule has 1 heterocycles. The summed E-state index contributed by atoms with van der Waals surface area (Å²) in [5.74, 6) is -4.10. The minimum atomic E-state index is -1.27. The van der Waals surface area contributed by atoms with Gasteiger partial charge in [0.1, 0.15) is 17.9 Å². The van der Waals surface area contributed by atoms with Crippen LogP contribution in [0.1, 0.15) is 20.9 Å². The standard InChI is InChI=1S/C12H6BrF2NO4/c13-6-2-8(15)9(3-7(6)14)16-11(17)10-1-5(4-20-10)12(18)19/h1-4H,(H,16,17)(H,18,19). The molecule has 0 saturated carbocycles. The number of hydrogen-bond donors (Lipinski definition) is 2. The first kappa shape index (κ1) is 14.2. The van der Waals surface area contributed by atoms with E-state index in [0.717, 1.165) is 24.5 Å². The first-order valence-corrected chi connectivity index (χ1v) is 5.95. The molecule has 1 amide bonds. The molecule has 0 unspecified atom stereocenters. The third-order valence-corrected chi connectivity index (χ3v) is 2.94. The van der Waals surface area contributed by atoms with E-state index in [-0.39, 0.29) is 21.5 Å². The van der Waals surface area contributed by atoms with Gasteiger partial charge >= 0.3 is 5.97 Å². The highest BCUT2D eigenvalue weighted by atomic mass is 79.9. The van der Waals surface area contributed by atoms with E-state index >= 15 is 0 Å². The molecule has 1 aromatic carbocycles. The van der Waals surface area contributed by atoms with Crippen LogP contribution in [0, 0.1) is 11.6 Å². The second-order valence-electron chi connectivity index (χ2n) is 3.71. The predicted octanol–water partition coefficient (Wildman–Crippen LogP) is 3.27. The van der Waals surface area contributed by atoms with Crippen LogP contribution in [0.25, 0.3) is 0 Å². The summed E-state index contributed by atoms with van der Waals surface area (Å²) in [6.45, 7) is 0. The number of hydrogen-bond acceptors (Lipinski definition) is 3. The molecule has 0 fully saturated rings. The molecule has 0 saturated heterocycles. The third-order valence-electron chi connectivity index (χ3n) is 2.33. The molecule has 5 nitrogen and oxygen atoms in total. The summed E-state index contributed by atoms with van der Waals surface area (Å²) in [5.41, 5.74) is -0.610. The van der Waals surface area contributed by atoms with Crippen molar-refractivity contribution in [3.63, 3.8) is 0 Å². The van der Waals surface area contributed by atoms with Gasteiger partial charge in [0.25, 0.3) is 5.91 Å². The van der Waals surface area contributed by atoms with Gasteiger partial charge in [0.15, 0.2) is 5.76 Å². The minimum absolute atomic E-state index is 0.0841. The van der Waals surface area contributed by atoms with E-state index in [9.17, 15) is 18.4 Å². The Hall–Kier alpha value is -2.22. The zero-order chi connectivity index (χ0) is 14.9. The van der Waals surface area contributed by atoms with Crippen LogP contribution in [0.3, 0.4) is 0 Å². The van der Waals surface area contributed by atoms with Crippen LogP contribution in [-0.2, 0) is 0 Å². The van der Waals surface area contributed by atoms with Crippen LogP contribution in [-0.4, -0.2) is 17.0 Å². The molecule has 2 rings (SSSR count). The van der Waals surface area contributed by atoms with Crippen molar-refractivity contribution in [1.82, 2.24) is 0 Å². The summed E-state index contributed by atoms with van der Waals surface area (Å²) in [7, 11) is 0. The molecule has 104 valence electrons. The number of carbonyl (C=O) groups excluding carboxylic acids is 1. The van der Waals surface area contributed by atoms with Gasteiger partial charge in [-0.25, -0.2) is 13.6 Å². The Morgan fingerprint density at radius 2 is 1.90 bits per heavy atom. The Kier molecular flexibility index (Phi) is 3.84. The van der Waals surface area contributed by atoms with Crippen LogP contribution in [0.15, 0.2) is 33.4 Å². The van der Waals surface area contributed by atoms with Gasteiger partial charge in [0, 0.05) is 12.1 Å². The molecule has 0 atom stereocenters. The number of carboxylic acid groups (broad SMARTS) is 1. The maximum absolute atomic E-state index is 13.5. The van der Waals surface area contributed by atoms with Crippen molar-refractivity contribution in [2.24, 2.45) is 0 Å². The van der Waals surface area contributed by atoms with Crippen molar-refractivity contribution < 1.29 is 27.9 Å². The van der Waals surface area contributed by atoms with Crippen molar-refractivity contribution in [3.8, 4) is 0 Å². The quantitative estimate of drug-likeness (QED) is 0.836. The molecule has 0 aliphatic heterocycles. The van der Waals surface area contributed by atoms with Gasteiger partial charge in [0.2, 0.25) is 0 Å². The zero-order valence-corrected chi connectivity index (χ0v) is 11.2. The van der Waals surface area contributed by atoms with E-state index in [2.05, 4.69) is 21.2 Å². The van der Waals surface area contributed by atoms with Gasteiger partial charge in [-0.2, -0.15) is 0 Å². The van der Waals surface area contributed by atoms with E-state index in [1.165, 1.54) is 0 Å². The Morgan fingerprint density at radius 1 is 1.20 bits per heavy atom. The highest BCUT2D eigenvalue weighted by Gasteiger charge is 2.17. The van der Waals surface area contributed by atoms with Crippen LogP contribution in [0.5, 0.6) is 0 Å². The summed E-state index contributed by atoms with van der Waals surface area (Å²) in [6, 6.07) is 2.62. The van der Waals surface area contributed by atoms with Crippen molar-refractivity contribution in [1.29, 1.82) is 0 Å². The third kappa shape index (κ3) is 2.85. The number of aromatic carboxylic acids is 1. The molecule has 0 bridgehead atoms. The summed E-state index contributed by atoms with van der Waals surface area (Å²) in [5, 5.41) is 10.8. The van der Waals surface area contributed by atoms with Crippen molar-refractivity contribution >= 4 is 33.5 Å². The average Bonchev–Trinajstić information content (AvgIpc) is 2.85. The summed E-state index contributed by atoms with van der Waals surface area (Å²) >= 11 is 2.80. The fourth-order valence-corrected chi connectivity index (χ4v) is 1.69. The van der Waals surface area contributed by atoms with Crippen molar-refractivity contribution in [3.05, 3.63) is 51.9 Å². The minimum Gasteiger partial charge on any atom is -0.478 e. The van der Waals surface area contributed by atoms with Gasteiger partial charge in [-0.05, 0) is 22.0 Å². The van der Waals surface area contributed by atoms with Gasteiger partial charge < -0.3 is 14.8 Å². The van der Waals surface area contributed by atoms with Gasteiger partial charge in [0.05, 0.1) is 15.7 Å². The zero-order valence-electron chi connectivity index (χ0n) is 9.62. The Balaban J connectivity index is 2.23. The topological polar surface area (TPSA) is 79.5 Å². The molecule has 0 aliphatic carbocycles. The van der Waals surface area contributed by atoms with E-state index in [1.54, 1.807) is 0 Å². The molecule has 20 heavy (non-hydrogen) atoms. The predicted molar refractivity (Wildman–Crippen MR) is 67.7 cm³/mol. The van der Waals surface area contributed by atoms with Crippen LogP contribution in [0.4, 0.5) is 14.5 Å². The van der Waals surface area contributed by atoms with E-state index < -0.39 is 23.5 Å². The molecule has 0 aliphatic rings. The Labute approximate surface area is 119 Å². The lowest BCUT2D eigenvalue weighted by molar-refractivity contribution is 0.0696. The SMILES string of the molecule is O=C(O)c1coc(C(=O)Nc2cc(F)c(Br)cc2F)c1. The molecule has 1 aromatic heterocycles. The number of carboxylic acids is 1. The second kappa shape index (κ2) is 5.41. The van der Waals surface area contributed by atoms with Crippen molar-refractivity contribution in [2.45, 2.75) is 0 Å². The Morgan fingerprint density at radius 3 is 2.50 bits per heavy atom. The average molecular weight is 346 g/mol. The molecule has 2 N–H and O–H groups in total. The maximum atomic E-state index is 13.5. The monoisotopic (exact) mass is 345 g/mol. The number of furan rings is 1. The number of anilines is 1.